The zero-order valence-electron chi connectivity index (χ0n) is 11.6. The van der Waals surface area contributed by atoms with Gasteiger partial charge in [0, 0.05) is 12.6 Å². The molecule has 0 radical (unpaired) electrons. The van der Waals surface area contributed by atoms with Crippen molar-refractivity contribution in [2.75, 3.05) is 6.61 Å². The molecule has 0 aliphatic carbocycles. The Bertz CT molecular complexity index is 464. The predicted molar refractivity (Wildman–Crippen MR) is 81.8 cm³/mol. The van der Waals surface area contributed by atoms with Crippen LogP contribution in [0.25, 0.3) is 0 Å². The fourth-order valence-electron chi connectivity index (χ4n) is 1.85. The highest BCUT2D eigenvalue weighted by molar-refractivity contribution is 7.07. The summed E-state index contributed by atoms with van der Waals surface area (Å²) in [5.41, 5.74) is 2.64. The van der Waals surface area contributed by atoms with Gasteiger partial charge in [0.15, 0.2) is 0 Å². The highest BCUT2D eigenvalue weighted by Gasteiger charge is 2.05. The molecule has 1 aromatic carbocycles. The van der Waals surface area contributed by atoms with Gasteiger partial charge in [-0.3, -0.25) is 0 Å². The van der Waals surface area contributed by atoms with E-state index in [9.17, 15) is 0 Å². The Balaban J connectivity index is 1.86. The molecular weight excluding hydrogens is 254 g/mol. The zero-order chi connectivity index (χ0) is 13.5. The van der Waals surface area contributed by atoms with Crippen LogP contribution < -0.4 is 10.1 Å². The molecule has 2 aromatic rings. The lowest BCUT2D eigenvalue weighted by Gasteiger charge is -2.14. The lowest BCUT2D eigenvalue weighted by molar-refractivity contribution is 0.317. The standard InChI is InChI=1S/C16H21NOS/c1-3-9-18-16-6-4-15(5-7-16)13(2)17-11-14-8-10-19-12-14/h4-8,10,12-13,17H,3,9,11H2,1-2H3. The van der Waals surface area contributed by atoms with Crippen molar-refractivity contribution in [3.8, 4) is 5.75 Å². The molecule has 1 unspecified atom stereocenters. The lowest BCUT2D eigenvalue weighted by Crippen LogP contribution is -2.17. The zero-order valence-corrected chi connectivity index (χ0v) is 12.4. The van der Waals surface area contributed by atoms with Gasteiger partial charge in [0.25, 0.3) is 0 Å². The van der Waals surface area contributed by atoms with E-state index in [0.29, 0.717) is 6.04 Å². The van der Waals surface area contributed by atoms with Crippen LogP contribution in [0, 0.1) is 0 Å². The van der Waals surface area contributed by atoms with Crippen LogP contribution in [-0.2, 0) is 6.54 Å². The molecule has 102 valence electrons. The molecule has 1 aromatic heterocycles. The number of hydrogen-bond donors (Lipinski definition) is 1. The molecule has 0 fully saturated rings. The molecular formula is C16H21NOS. The lowest BCUT2D eigenvalue weighted by atomic mass is 10.1. The van der Waals surface area contributed by atoms with Gasteiger partial charge in [-0.05, 0) is 53.4 Å². The largest absolute Gasteiger partial charge is 0.494 e. The maximum Gasteiger partial charge on any atom is 0.119 e. The van der Waals surface area contributed by atoms with Crippen molar-refractivity contribution in [3.05, 3.63) is 52.2 Å². The summed E-state index contributed by atoms with van der Waals surface area (Å²) >= 11 is 1.74. The second-order valence-electron chi connectivity index (χ2n) is 4.65. The van der Waals surface area contributed by atoms with Crippen LogP contribution in [0.15, 0.2) is 41.1 Å². The van der Waals surface area contributed by atoms with Crippen molar-refractivity contribution in [2.24, 2.45) is 0 Å². The van der Waals surface area contributed by atoms with E-state index < -0.39 is 0 Å². The van der Waals surface area contributed by atoms with Gasteiger partial charge in [-0.15, -0.1) is 0 Å². The first-order chi connectivity index (χ1) is 9.29. The molecule has 0 bridgehead atoms. The van der Waals surface area contributed by atoms with Gasteiger partial charge >= 0.3 is 0 Å². The van der Waals surface area contributed by atoms with Gasteiger partial charge in [-0.1, -0.05) is 19.1 Å². The number of rotatable bonds is 7. The predicted octanol–water partition coefficient (Wildman–Crippen LogP) is 4.39. The van der Waals surface area contributed by atoms with Gasteiger partial charge in [0.1, 0.15) is 5.75 Å². The van der Waals surface area contributed by atoms with E-state index in [0.717, 1.165) is 25.3 Å². The molecule has 19 heavy (non-hydrogen) atoms. The Hall–Kier alpha value is -1.32. The summed E-state index contributed by atoms with van der Waals surface area (Å²) < 4.78 is 5.59. The Labute approximate surface area is 119 Å². The molecule has 1 N–H and O–H groups in total. The summed E-state index contributed by atoms with van der Waals surface area (Å²) in [7, 11) is 0. The van der Waals surface area contributed by atoms with Crippen molar-refractivity contribution >= 4 is 11.3 Å². The van der Waals surface area contributed by atoms with Crippen LogP contribution in [0.1, 0.15) is 37.4 Å². The van der Waals surface area contributed by atoms with Crippen molar-refractivity contribution < 1.29 is 4.74 Å². The molecule has 0 aliphatic heterocycles. The van der Waals surface area contributed by atoms with Crippen molar-refractivity contribution in [3.63, 3.8) is 0 Å². The fourth-order valence-corrected chi connectivity index (χ4v) is 2.52. The van der Waals surface area contributed by atoms with E-state index in [-0.39, 0.29) is 0 Å². The maximum absolute atomic E-state index is 5.59. The summed E-state index contributed by atoms with van der Waals surface area (Å²) in [4.78, 5) is 0. The van der Waals surface area contributed by atoms with Crippen molar-refractivity contribution in [1.29, 1.82) is 0 Å². The molecule has 0 aliphatic rings. The van der Waals surface area contributed by atoms with Gasteiger partial charge in [0.2, 0.25) is 0 Å². The smallest absolute Gasteiger partial charge is 0.119 e. The fraction of sp³-hybridized carbons (Fsp3) is 0.375. The van der Waals surface area contributed by atoms with Gasteiger partial charge in [0.05, 0.1) is 6.61 Å². The second-order valence-corrected chi connectivity index (χ2v) is 5.43. The molecule has 2 nitrogen and oxygen atoms in total. The van der Waals surface area contributed by atoms with E-state index in [4.69, 9.17) is 4.74 Å². The second kappa shape index (κ2) is 7.31. The number of benzene rings is 1. The van der Waals surface area contributed by atoms with Crippen molar-refractivity contribution in [1.82, 2.24) is 5.32 Å². The van der Waals surface area contributed by atoms with Gasteiger partial charge in [-0.25, -0.2) is 0 Å². The highest BCUT2D eigenvalue weighted by atomic mass is 32.1. The molecule has 1 atom stereocenters. The van der Waals surface area contributed by atoms with Crippen LogP contribution >= 0.6 is 11.3 Å². The summed E-state index contributed by atoms with van der Waals surface area (Å²) in [5.74, 6) is 0.954. The minimum absolute atomic E-state index is 0.347. The molecule has 0 saturated heterocycles. The summed E-state index contributed by atoms with van der Waals surface area (Å²) in [5, 5.41) is 7.82. The topological polar surface area (TPSA) is 21.3 Å². The monoisotopic (exact) mass is 275 g/mol. The molecule has 0 spiro atoms. The summed E-state index contributed by atoms with van der Waals surface area (Å²) in [6.45, 7) is 6.00. The average molecular weight is 275 g/mol. The van der Waals surface area contributed by atoms with Crippen LogP contribution in [0.4, 0.5) is 0 Å². The van der Waals surface area contributed by atoms with Crippen LogP contribution in [0.2, 0.25) is 0 Å². The average Bonchev–Trinajstić information content (AvgIpc) is 2.96. The third-order valence-electron chi connectivity index (χ3n) is 3.05. The van der Waals surface area contributed by atoms with Gasteiger partial charge < -0.3 is 10.1 Å². The summed E-state index contributed by atoms with van der Waals surface area (Å²) in [6, 6.07) is 10.9. The van der Waals surface area contributed by atoms with E-state index in [2.05, 4.69) is 48.1 Å². The minimum Gasteiger partial charge on any atom is -0.494 e. The Morgan fingerprint density at radius 3 is 2.63 bits per heavy atom. The number of thiophene rings is 1. The Morgan fingerprint density at radius 2 is 2.00 bits per heavy atom. The first-order valence-corrected chi connectivity index (χ1v) is 7.71. The molecule has 0 amide bonds. The number of nitrogens with one attached hydrogen (secondary N) is 1. The van der Waals surface area contributed by atoms with Crippen LogP contribution in [0.5, 0.6) is 5.75 Å². The Kier molecular flexibility index (Phi) is 5.43. The van der Waals surface area contributed by atoms with Crippen molar-refractivity contribution in [2.45, 2.75) is 32.9 Å². The van der Waals surface area contributed by atoms with E-state index >= 15 is 0 Å². The number of hydrogen-bond acceptors (Lipinski definition) is 3. The number of ether oxygens (including phenoxy) is 1. The maximum atomic E-state index is 5.59. The first kappa shape index (κ1) is 14.1. The van der Waals surface area contributed by atoms with Crippen LogP contribution in [-0.4, -0.2) is 6.61 Å². The van der Waals surface area contributed by atoms with E-state index in [1.807, 2.05) is 12.1 Å². The van der Waals surface area contributed by atoms with E-state index in [1.165, 1.54) is 11.1 Å². The van der Waals surface area contributed by atoms with Gasteiger partial charge in [-0.2, -0.15) is 11.3 Å². The highest BCUT2D eigenvalue weighted by Crippen LogP contribution is 2.18. The molecule has 1 heterocycles. The Morgan fingerprint density at radius 1 is 1.21 bits per heavy atom. The molecule has 3 heteroatoms. The molecule has 0 saturated carbocycles. The third-order valence-corrected chi connectivity index (χ3v) is 3.78. The third kappa shape index (κ3) is 4.37. The van der Waals surface area contributed by atoms with E-state index in [1.54, 1.807) is 11.3 Å². The quantitative estimate of drug-likeness (QED) is 0.809. The first-order valence-electron chi connectivity index (χ1n) is 6.77. The minimum atomic E-state index is 0.347. The molecule has 2 rings (SSSR count). The summed E-state index contributed by atoms with van der Waals surface area (Å²) in [6.07, 6.45) is 1.04. The SMILES string of the molecule is CCCOc1ccc(C(C)NCc2ccsc2)cc1. The normalized spacial score (nSPS) is 12.3. The van der Waals surface area contributed by atoms with Crippen LogP contribution in [0.3, 0.4) is 0 Å².